The Morgan fingerprint density at radius 2 is 1.90 bits per heavy atom. The van der Waals surface area contributed by atoms with E-state index in [-0.39, 0.29) is 17.4 Å². The molecule has 0 N–H and O–H groups in total. The molecule has 2 saturated carbocycles. The molecule has 0 bridgehead atoms. The van der Waals surface area contributed by atoms with Crippen molar-refractivity contribution in [1.82, 2.24) is 14.7 Å². The van der Waals surface area contributed by atoms with Crippen molar-refractivity contribution in [2.24, 2.45) is 17.3 Å². The van der Waals surface area contributed by atoms with Crippen molar-refractivity contribution < 1.29 is 21.6 Å². The molecule has 0 aromatic carbocycles. The van der Waals surface area contributed by atoms with Crippen molar-refractivity contribution in [3.05, 3.63) is 17.5 Å². The van der Waals surface area contributed by atoms with E-state index >= 15 is 0 Å². The first-order valence-corrected chi connectivity index (χ1v) is 12.9. The van der Waals surface area contributed by atoms with Crippen LogP contribution in [0.25, 0.3) is 0 Å². The van der Waals surface area contributed by atoms with Crippen molar-refractivity contribution in [3.8, 4) is 0 Å². The minimum Gasteiger partial charge on any atom is -0.300 e. The minimum atomic E-state index is -4.41. The number of rotatable bonds is 3. The summed E-state index contributed by atoms with van der Waals surface area (Å²) in [6.07, 6.45) is 0.414. The smallest absolute Gasteiger partial charge is 0.300 e. The summed E-state index contributed by atoms with van der Waals surface area (Å²) in [4.78, 5) is 2.49. The molecule has 168 valence electrons. The topological polar surface area (TPSA) is 55.2 Å². The zero-order valence-corrected chi connectivity index (χ0v) is 18.3. The van der Waals surface area contributed by atoms with E-state index in [2.05, 4.69) is 10.00 Å². The highest BCUT2D eigenvalue weighted by Gasteiger charge is 2.60. The Kier molecular flexibility index (Phi) is 4.65. The van der Waals surface area contributed by atoms with Crippen molar-refractivity contribution in [3.63, 3.8) is 0 Å². The first-order valence-electron chi connectivity index (χ1n) is 11.1. The molecule has 2 unspecified atom stereocenters. The molecule has 2 aliphatic heterocycles. The predicted molar refractivity (Wildman–Crippen MR) is 107 cm³/mol. The fraction of sp³-hybridized carbons (Fsp3) is 0.857. The molecular weight excluding hydrogens is 415 g/mol. The molecule has 2 saturated heterocycles. The molecular formula is C21H30F3N3O2S. The standard InChI is InChI=1S/C21H30F3N3O2S/c1-13(2)27-17(10-18(25-27)21(22,23)24)19-15-8-14(9-16(15)19)26-6-3-4-20(11-26)5-7-30(28,29)12-20/h10,13-16,19H,3-9,11-12H2,1-2H3/t14?,15-,16+,19?,20-/m0/s1. The van der Waals surface area contributed by atoms with Gasteiger partial charge in [-0.25, -0.2) is 8.42 Å². The summed E-state index contributed by atoms with van der Waals surface area (Å²) in [6.45, 7) is 5.63. The van der Waals surface area contributed by atoms with E-state index in [4.69, 9.17) is 0 Å². The fourth-order valence-electron chi connectivity index (χ4n) is 6.62. The number of fused-ring (bicyclic) bond motifs is 1. The van der Waals surface area contributed by atoms with Gasteiger partial charge in [0.25, 0.3) is 0 Å². The Bertz CT molecular complexity index is 930. The Morgan fingerprint density at radius 3 is 2.47 bits per heavy atom. The van der Waals surface area contributed by atoms with Crippen molar-refractivity contribution in [2.45, 2.75) is 70.1 Å². The number of hydrogen-bond donors (Lipinski definition) is 0. The average molecular weight is 446 g/mol. The number of likely N-dealkylation sites (tertiary alicyclic amines) is 1. The third kappa shape index (κ3) is 3.49. The molecule has 5 nitrogen and oxygen atoms in total. The first-order chi connectivity index (χ1) is 14.0. The number of sulfone groups is 1. The normalized spacial score (nSPS) is 38.5. The van der Waals surface area contributed by atoms with Crippen LogP contribution in [0.4, 0.5) is 13.2 Å². The second kappa shape index (κ2) is 6.70. The minimum absolute atomic E-state index is 0.0683. The van der Waals surface area contributed by atoms with Crippen LogP contribution >= 0.6 is 0 Å². The molecule has 4 aliphatic rings. The first kappa shape index (κ1) is 20.8. The summed E-state index contributed by atoms with van der Waals surface area (Å²) in [7, 11) is -2.90. The third-order valence-electron chi connectivity index (χ3n) is 7.98. The number of nitrogens with zero attached hydrogens (tertiary/aromatic N) is 3. The van der Waals surface area contributed by atoms with Crippen LogP contribution in [0.5, 0.6) is 0 Å². The van der Waals surface area contributed by atoms with E-state index < -0.39 is 21.7 Å². The van der Waals surface area contributed by atoms with Crippen molar-refractivity contribution in [1.29, 1.82) is 0 Å². The van der Waals surface area contributed by atoms with Crippen molar-refractivity contribution in [2.75, 3.05) is 24.6 Å². The number of aromatic nitrogens is 2. The third-order valence-corrected chi connectivity index (χ3v) is 9.86. The van der Waals surface area contributed by atoms with Gasteiger partial charge >= 0.3 is 6.18 Å². The van der Waals surface area contributed by atoms with Crippen LogP contribution in [0.1, 0.15) is 69.3 Å². The fourth-order valence-corrected chi connectivity index (χ4v) is 8.82. The molecule has 0 amide bonds. The maximum Gasteiger partial charge on any atom is 0.435 e. The van der Waals surface area contributed by atoms with Crippen LogP contribution in [-0.4, -0.2) is 53.7 Å². The zero-order chi connectivity index (χ0) is 21.5. The van der Waals surface area contributed by atoms with Gasteiger partial charge in [0.2, 0.25) is 0 Å². The van der Waals surface area contributed by atoms with Gasteiger partial charge in [-0.15, -0.1) is 0 Å². The second-order valence-electron chi connectivity index (χ2n) is 10.4. The summed E-state index contributed by atoms with van der Waals surface area (Å²) in [5.41, 5.74) is -0.114. The van der Waals surface area contributed by atoms with Crippen molar-refractivity contribution >= 4 is 9.84 Å². The van der Waals surface area contributed by atoms with E-state index in [1.54, 1.807) is 4.68 Å². The summed E-state index contributed by atoms with van der Waals surface area (Å²) in [5.74, 6) is 1.68. The van der Waals surface area contributed by atoms with Gasteiger partial charge < -0.3 is 0 Å². The van der Waals surface area contributed by atoms with Gasteiger partial charge in [0, 0.05) is 30.2 Å². The molecule has 3 heterocycles. The van der Waals surface area contributed by atoms with Gasteiger partial charge in [-0.05, 0) is 75.8 Å². The van der Waals surface area contributed by atoms with E-state index in [1.807, 2.05) is 13.8 Å². The number of alkyl halides is 3. The van der Waals surface area contributed by atoms with E-state index in [0.29, 0.717) is 29.4 Å². The maximum atomic E-state index is 13.2. The lowest BCUT2D eigenvalue weighted by molar-refractivity contribution is -0.141. The van der Waals surface area contributed by atoms with Gasteiger partial charge in [-0.2, -0.15) is 18.3 Å². The second-order valence-corrected chi connectivity index (χ2v) is 12.6. The lowest BCUT2D eigenvalue weighted by atomic mass is 9.79. The summed E-state index contributed by atoms with van der Waals surface area (Å²) in [5, 5.41) is 3.86. The van der Waals surface area contributed by atoms with Crippen LogP contribution in [-0.2, 0) is 16.0 Å². The van der Waals surface area contributed by atoms with E-state index in [0.717, 1.165) is 50.9 Å². The van der Waals surface area contributed by atoms with Gasteiger partial charge in [-0.1, -0.05) is 0 Å². The Balaban J connectivity index is 1.27. The molecule has 30 heavy (non-hydrogen) atoms. The number of halogens is 3. The summed E-state index contributed by atoms with van der Waals surface area (Å²) in [6, 6.07) is 1.60. The van der Waals surface area contributed by atoms with E-state index in [9.17, 15) is 21.6 Å². The van der Waals surface area contributed by atoms with Crippen LogP contribution in [0.3, 0.4) is 0 Å². The highest BCUT2D eigenvalue weighted by atomic mass is 32.2. The SMILES string of the molecule is CC(C)n1nc(C(F)(F)F)cc1C1[C@H]2CC(N3CCC[C@]4(CCS(=O)(=O)C4)C3)C[C@@H]12. The quantitative estimate of drug-likeness (QED) is 0.709. The molecule has 1 aromatic rings. The van der Waals surface area contributed by atoms with Gasteiger partial charge in [0.05, 0.1) is 11.5 Å². The van der Waals surface area contributed by atoms with Crippen LogP contribution < -0.4 is 0 Å². The zero-order valence-electron chi connectivity index (χ0n) is 17.5. The molecule has 5 rings (SSSR count). The van der Waals surface area contributed by atoms with Crippen LogP contribution in [0.15, 0.2) is 6.07 Å². The highest BCUT2D eigenvalue weighted by Crippen LogP contribution is 2.64. The van der Waals surface area contributed by atoms with Gasteiger partial charge in [-0.3, -0.25) is 9.58 Å². The number of hydrogen-bond acceptors (Lipinski definition) is 4. The predicted octanol–water partition coefficient (Wildman–Crippen LogP) is 3.88. The highest BCUT2D eigenvalue weighted by molar-refractivity contribution is 7.91. The Morgan fingerprint density at radius 1 is 1.20 bits per heavy atom. The molecule has 2 aliphatic carbocycles. The maximum absolute atomic E-state index is 13.2. The van der Waals surface area contributed by atoms with E-state index in [1.165, 1.54) is 6.07 Å². The van der Waals surface area contributed by atoms with Gasteiger partial charge in [0.1, 0.15) is 0 Å². The summed E-state index contributed by atoms with van der Waals surface area (Å²) < 4.78 is 65.3. The molecule has 1 aromatic heterocycles. The molecule has 1 spiro atoms. The largest absolute Gasteiger partial charge is 0.435 e. The summed E-state index contributed by atoms with van der Waals surface area (Å²) >= 11 is 0. The number of piperidine rings is 1. The molecule has 4 fully saturated rings. The molecule has 5 atom stereocenters. The Labute approximate surface area is 175 Å². The average Bonchev–Trinajstić information content (AvgIpc) is 3.03. The molecule has 0 radical (unpaired) electrons. The monoisotopic (exact) mass is 445 g/mol. The molecule has 9 heteroatoms. The lowest BCUT2D eigenvalue weighted by Gasteiger charge is -2.43. The van der Waals surface area contributed by atoms with Crippen LogP contribution in [0.2, 0.25) is 0 Å². The Hall–Kier alpha value is -1.09. The van der Waals surface area contributed by atoms with Crippen LogP contribution in [0, 0.1) is 17.3 Å². The lowest BCUT2D eigenvalue weighted by Crippen LogP contribution is -2.48. The van der Waals surface area contributed by atoms with Gasteiger partial charge in [0.15, 0.2) is 15.5 Å².